The molecule has 5 rings (SSSR count). The number of halogens is 3. The molecular weight excluding hydrogens is 463 g/mol. The zero-order valence-corrected chi connectivity index (χ0v) is 18.2. The van der Waals surface area contributed by atoms with Crippen molar-refractivity contribution in [2.24, 2.45) is 0 Å². The highest BCUT2D eigenvalue weighted by atomic mass is 19.1. The third-order valence-electron chi connectivity index (χ3n) is 5.72. The lowest BCUT2D eigenvalue weighted by atomic mass is 10.1. The number of hydrogen-bond donors (Lipinski definition) is 1. The first-order chi connectivity index (χ1) is 16.9. The summed E-state index contributed by atoms with van der Waals surface area (Å²) in [5.74, 6) is -4.06. The van der Waals surface area contributed by atoms with E-state index in [1.54, 1.807) is 9.58 Å². The molecule has 0 unspecified atom stereocenters. The zero-order chi connectivity index (χ0) is 24.7. The lowest BCUT2D eigenvalue weighted by molar-refractivity contribution is -0.125. The van der Waals surface area contributed by atoms with Gasteiger partial charge in [-0.3, -0.25) is 4.79 Å². The molecule has 1 amide bonds. The Morgan fingerprint density at radius 1 is 1.17 bits per heavy atom. The Hall–Kier alpha value is -4.48. The largest absolute Gasteiger partial charge is 0.433 e. The normalized spacial score (nSPS) is 15.5. The second-order valence-electron chi connectivity index (χ2n) is 7.82. The fourth-order valence-electron chi connectivity index (χ4n) is 4.04. The monoisotopic (exact) mass is 481 g/mol. The number of carbonyl (C=O) groups is 1. The summed E-state index contributed by atoms with van der Waals surface area (Å²) in [7, 11) is 0. The smallest absolute Gasteiger partial charge is 0.246 e. The first-order valence-corrected chi connectivity index (χ1v) is 10.6. The van der Waals surface area contributed by atoms with Gasteiger partial charge >= 0.3 is 0 Å². The highest BCUT2D eigenvalue weighted by molar-refractivity contribution is 5.98. The Bertz CT molecular complexity index is 1450. The van der Waals surface area contributed by atoms with Crippen molar-refractivity contribution in [1.82, 2.24) is 29.6 Å². The van der Waals surface area contributed by atoms with Gasteiger partial charge in [-0.1, -0.05) is 12.6 Å². The molecule has 9 nitrogen and oxygen atoms in total. The number of pyridine rings is 1. The molecule has 1 aromatic carbocycles. The lowest BCUT2D eigenvalue weighted by Crippen LogP contribution is -2.27. The van der Waals surface area contributed by atoms with Crippen LogP contribution in [-0.2, 0) is 4.79 Å². The summed E-state index contributed by atoms with van der Waals surface area (Å²) in [5.41, 5.74) is 6.56. The molecular formula is C23H18F3N7O2. The van der Waals surface area contributed by atoms with Gasteiger partial charge in [-0.05, 0) is 30.7 Å². The van der Waals surface area contributed by atoms with Gasteiger partial charge in [0.15, 0.2) is 17.3 Å². The van der Waals surface area contributed by atoms with Gasteiger partial charge < -0.3 is 15.4 Å². The number of likely N-dealkylation sites (tertiary alicyclic amines) is 1. The van der Waals surface area contributed by atoms with Crippen LogP contribution in [0.5, 0.6) is 11.6 Å². The molecule has 4 heterocycles. The van der Waals surface area contributed by atoms with Crippen molar-refractivity contribution >= 4 is 22.8 Å². The number of carbonyl (C=O) groups excluding carboxylic acids is 1. The van der Waals surface area contributed by atoms with Crippen LogP contribution >= 0.6 is 0 Å². The predicted molar refractivity (Wildman–Crippen MR) is 120 cm³/mol. The number of nitrogen functional groups attached to an aromatic ring is 1. The van der Waals surface area contributed by atoms with E-state index < -0.39 is 23.3 Å². The van der Waals surface area contributed by atoms with Gasteiger partial charge in [0.25, 0.3) is 0 Å². The molecule has 0 saturated carbocycles. The number of aromatic nitrogens is 5. The molecule has 0 spiro atoms. The minimum Gasteiger partial charge on any atom is -0.433 e. The molecule has 1 fully saturated rings. The Morgan fingerprint density at radius 3 is 2.66 bits per heavy atom. The van der Waals surface area contributed by atoms with Crippen LogP contribution in [0.15, 0.2) is 49.3 Å². The van der Waals surface area contributed by atoms with Crippen LogP contribution in [0.2, 0.25) is 0 Å². The maximum absolute atomic E-state index is 15.1. The zero-order valence-electron chi connectivity index (χ0n) is 18.2. The number of fused-ring (bicyclic) bond motifs is 1. The third-order valence-corrected chi connectivity index (χ3v) is 5.72. The van der Waals surface area contributed by atoms with E-state index in [0.717, 1.165) is 12.1 Å². The van der Waals surface area contributed by atoms with Crippen molar-refractivity contribution in [1.29, 1.82) is 0 Å². The summed E-state index contributed by atoms with van der Waals surface area (Å²) >= 11 is 0. The van der Waals surface area contributed by atoms with Gasteiger partial charge in [0.05, 0.1) is 17.0 Å². The Balaban J connectivity index is 1.54. The second kappa shape index (κ2) is 8.70. The number of anilines is 1. The molecule has 4 aromatic rings. The average Bonchev–Trinajstić information content (AvgIpc) is 3.47. The minimum absolute atomic E-state index is 0.0337. The molecule has 2 N–H and O–H groups in total. The molecule has 0 radical (unpaired) electrons. The van der Waals surface area contributed by atoms with Crippen LogP contribution in [0, 0.1) is 17.6 Å². The summed E-state index contributed by atoms with van der Waals surface area (Å²) in [5, 5.41) is 4.87. The van der Waals surface area contributed by atoms with Crippen molar-refractivity contribution in [3.63, 3.8) is 0 Å². The third kappa shape index (κ3) is 3.92. The van der Waals surface area contributed by atoms with E-state index in [9.17, 15) is 13.6 Å². The molecule has 1 aliphatic heterocycles. The molecule has 12 heteroatoms. The Kier molecular flexibility index (Phi) is 5.55. The number of nitrogens with two attached hydrogens (primary N) is 1. The summed E-state index contributed by atoms with van der Waals surface area (Å²) < 4.78 is 49.6. The van der Waals surface area contributed by atoms with E-state index >= 15 is 4.39 Å². The maximum atomic E-state index is 15.1. The number of hydrogen-bond acceptors (Lipinski definition) is 7. The number of ether oxygens (including phenoxy) is 1. The van der Waals surface area contributed by atoms with E-state index in [0.29, 0.717) is 30.5 Å². The number of nitrogens with zero attached hydrogens (tertiary/aromatic N) is 6. The topological polar surface area (TPSA) is 112 Å². The number of rotatable bonds is 5. The summed E-state index contributed by atoms with van der Waals surface area (Å²) in [4.78, 5) is 25.6. The van der Waals surface area contributed by atoms with Crippen LogP contribution in [0.3, 0.4) is 0 Å². The fourth-order valence-corrected chi connectivity index (χ4v) is 4.04. The van der Waals surface area contributed by atoms with Crippen LogP contribution < -0.4 is 10.5 Å². The average molecular weight is 481 g/mol. The SMILES string of the molecule is C=CC(=O)N1CC[C@@H](n2nc(-c3ccc(Oc4c(F)cccc4F)nc3F)c3c(N)ncnc32)C1. The minimum atomic E-state index is -0.996. The fraction of sp³-hybridized carbons (Fsp3) is 0.174. The van der Waals surface area contributed by atoms with Crippen molar-refractivity contribution in [2.45, 2.75) is 12.5 Å². The standard InChI is InChI=1S/C23H18F3N7O2/c1-2-17(34)32-9-8-12(10-32)33-23-18(22(27)28-11-29-23)19(31-33)13-6-7-16(30-21(13)26)35-20-14(24)4-3-5-15(20)25/h2-7,11-12H,1,8-10H2,(H2,27,28,29)/t12-/m1/s1. The molecule has 1 atom stereocenters. The molecule has 35 heavy (non-hydrogen) atoms. The van der Waals surface area contributed by atoms with Crippen LogP contribution in [0.1, 0.15) is 12.5 Å². The molecule has 0 bridgehead atoms. The molecule has 3 aromatic heterocycles. The van der Waals surface area contributed by atoms with E-state index in [2.05, 4.69) is 26.6 Å². The summed E-state index contributed by atoms with van der Waals surface area (Å²) in [6.45, 7) is 4.38. The molecule has 178 valence electrons. The van der Waals surface area contributed by atoms with Crippen LogP contribution in [-0.4, -0.2) is 48.6 Å². The van der Waals surface area contributed by atoms with Crippen molar-refractivity contribution in [3.8, 4) is 22.9 Å². The predicted octanol–water partition coefficient (Wildman–Crippen LogP) is 3.64. The maximum Gasteiger partial charge on any atom is 0.246 e. The van der Waals surface area contributed by atoms with Gasteiger partial charge in [-0.25, -0.2) is 23.4 Å². The first-order valence-electron chi connectivity index (χ1n) is 10.6. The van der Waals surface area contributed by atoms with Gasteiger partial charge in [0.1, 0.15) is 17.8 Å². The van der Waals surface area contributed by atoms with Gasteiger partial charge in [-0.15, -0.1) is 0 Å². The van der Waals surface area contributed by atoms with Crippen molar-refractivity contribution in [3.05, 3.63) is 66.9 Å². The summed E-state index contributed by atoms with van der Waals surface area (Å²) in [6, 6.07) is 5.55. The van der Waals surface area contributed by atoms with Gasteiger partial charge in [0, 0.05) is 19.2 Å². The quantitative estimate of drug-likeness (QED) is 0.342. The van der Waals surface area contributed by atoms with E-state index in [1.807, 2.05) is 0 Å². The van der Waals surface area contributed by atoms with E-state index in [1.165, 1.54) is 30.6 Å². The highest BCUT2D eigenvalue weighted by Gasteiger charge is 2.30. The lowest BCUT2D eigenvalue weighted by Gasteiger charge is -2.14. The number of benzene rings is 1. The second-order valence-corrected chi connectivity index (χ2v) is 7.82. The number of para-hydroxylation sites is 1. The Morgan fingerprint density at radius 2 is 1.94 bits per heavy atom. The number of amides is 1. The molecule has 1 aliphatic rings. The van der Waals surface area contributed by atoms with Gasteiger partial charge in [-0.2, -0.15) is 14.5 Å². The highest BCUT2D eigenvalue weighted by Crippen LogP contribution is 2.36. The Labute approximate surface area is 196 Å². The molecule has 0 aliphatic carbocycles. The first kappa shape index (κ1) is 22.3. The molecule has 1 saturated heterocycles. The van der Waals surface area contributed by atoms with Crippen molar-refractivity contribution in [2.75, 3.05) is 18.8 Å². The van der Waals surface area contributed by atoms with Crippen LogP contribution in [0.4, 0.5) is 19.0 Å². The van der Waals surface area contributed by atoms with Crippen LogP contribution in [0.25, 0.3) is 22.3 Å². The van der Waals surface area contributed by atoms with E-state index in [4.69, 9.17) is 10.5 Å². The van der Waals surface area contributed by atoms with Crippen molar-refractivity contribution < 1.29 is 22.7 Å². The van der Waals surface area contributed by atoms with E-state index in [-0.39, 0.29) is 34.9 Å². The summed E-state index contributed by atoms with van der Waals surface area (Å²) in [6.07, 6.45) is 3.12. The van der Waals surface area contributed by atoms with Gasteiger partial charge in [0.2, 0.25) is 23.5 Å².